The molecular weight excluding hydrogens is 222 g/mol. The van der Waals surface area contributed by atoms with Crippen LogP contribution >= 0.6 is 12.4 Å². The molecule has 6 atom stereocenters. The van der Waals surface area contributed by atoms with Gasteiger partial charge in [0.2, 0.25) is 0 Å². The lowest BCUT2D eigenvalue weighted by atomic mass is 9.60. The Labute approximate surface area is 103 Å². The minimum Gasteiger partial charge on any atom is -0.370 e. The molecule has 0 aromatic carbocycles. The fourth-order valence-corrected chi connectivity index (χ4v) is 5.05. The molecule has 5 fully saturated rings. The summed E-state index contributed by atoms with van der Waals surface area (Å²) in [5.74, 6) is 6.22. The lowest BCUT2D eigenvalue weighted by Gasteiger charge is -2.44. The monoisotopic (exact) mass is 241 g/mol. The maximum absolute atomic E-state index is 7.56. The molecule has 5 rings (SSSR count). The summed E-state index contributed by atoms with van der Waals surface area (Å²) in [6.45, 7) is 2.18. The van der Waals surface area contributed by atoms with Gasteiger partial charge in [-0.3, -0.25) is 5.41 Å². The van der Waals surface area contributed by atoms with E-state index in [1.165, 1.54) is 19.3 Å². The van der Waals surface area contributed by atoms with E-state index < -0.39 is 0 Å². The predicted molar refractivity (Wildman–Crippen MR) is 65.5 cm³/mol. The van der Waals surface area contributed by atoms with Crippen molar-refractivity contribution < 1.29 is 0 Å². The number of nitrogens with one attached hydrogen (secondary N) is 1. The van der Waals surface area contributed by atoms with Gasteiger partial charge in [-0.05, 0) is 54.8 Å². The van der Waals surface area contributed by atoms with E-state index >= 15 is 0 Å². The number of hydrogen-bond donors (Lipinski definition) is 2. The van der Waals surface area contributed by atoms with Crippen molar-refractivity contribution in [3.8, 4) is 0 Å². The summed E-state index contributed by atoms with van der Waals surface area (Å²) in [5, 5.41) is 7.56. The van der Waals surface area contributed by atoms with Gasteiger partial charge in [-0.25, -0.2) is 0 Å². The molecule has 4 aliphatic carbocycles. The van der Waals surface area contributed by atoms with Crippen molar-refractivity contribution in [2.24, 2.45) is 41.2 Å². The van der Waals surface area contributed by atoms with Gasteiger partial charge in [-0.15, -0.1) is 12.4 Å². The molecule has 0 spiro atoms. The fourth-order valence-electron chi connectivity index (χ4n) is 5.05. The van der Waals surface area contributed by atoms with Crippen LogP contribution in [0.4, 0.5) is 0 Å². The van der Waals surface area contributed by atoms with E-state index in [4.69, 9.17) is 11.1 Å². The summed E-state index contributed by atoms with van der Waals surface area (Å²) in [7, 11) is 0. The molecule has 4 heteroatoms. The molecule has 3 nitrogen and oxygen atoms in total. The zero-order chi connectivity index (χ0) is 10.2. The van der Waals surface area contributed by atoms with Crippen molar-refractivity contribution in [1.29, 1.82) is 5.41 Å². The Morgan fingerprint density at radius 1 is 0.938 bits per heavy atom. The van der Waals surface area contributed by atoms with Gasteiger partial charge in [0, 0.05) is 13.1 Å². The Morgan fingerprint density at radius 3 is 1.88 bits per heavy atom. The second-order valence-electron chi connectivity index (χ2n) is 6.09. The number of nitrogens with zero attached hydrogens (tertiary/aromatic N) is 1. The van der Waals surface area contributed by atoms with Gasteiger partial charge in [0.15, 0.2) is 5.96 Å². The van der Waals surface area contributed by atoms with E-state index in [2.05, 4.69) is 4.90 Å². The first-order valence-electron chi connectivity index (χ1n) is 6.34. The highest BCUT2D eigenvalue weighted by Crippen LogP contribution is 2.67. The minimum absolute atomic E-state index is 0. The van der Waals surface area contributed by atoms with Gasteiger partial charge in [0.05, 0.1) is 0 Å². The highest BCUT2D eigenvalue weighted by Gasteiger charge is 2.62. The molecule has 6 unspecified atom stereocenters. The van der Waals surface area contributed by atoms with Crippen molar-refractivity contribution in [2.45, 2.75) is 19.3 Å². The number of halogens is 1. The predicted octanol–water partition coefficient (Wildman–Crippen LogP) is 1.53. The van der Waals surface area contributed by atoms with Gasteiger partial charge >= 0.3 is 0 Å². The van der Waals surface area contributed by atoms with Crippen LogP contribution in [0, 0.1) is 40.9 Å². The first kappa shape index (κ1) is 10.7. The third-order valence-electron chi connectivity index (χ3n) is 5.68. The molecule has 1 heterocycles. The van der Waals surface area contributed by atoms with Crippen LogP contribution < -0.4 is 5.73 Å². The molecule has 16 heavy (non-hydrogen) atoms. The fraction of sp³-hybridized carbons (Fsp3) is 0.917. The highest BCUT2D eigenvalue weighted by molar-refractivity contribution is 5.85. The number of fused-ring (bicyclic) bond motifs is 1. The highest BCUT2D eigenvalue weighted by atomic mass is 35.5. The molecule has 1 saturated heterocycles. The van der Waals surface area contributed by atoms with Gasteiger partial charge in [-0.2, -0.15) is 0 Å². The maximum atomic E-state index is 7.56. The Balaban J connectivity index is 0.000000810. The normalized spacial score (nSPS) is 51.6. The van der Waals surface area contributed by atoms with Gasteiger partial charge in [0.1, 0.15) is 0 Å². The number of rotatable bonds is 0. The van der Waals surface area contributed by atoms with E-state index in [9.17, 15) is 0 Å². The van der Waals surface area contributed by atoms with Crippen LogP contribution in [0.3, 0.4) is 0 Å². The van der Waals surface area contributed by atoms with Gasteiger partial charge in [-0.1, -0.05) is 0 Å². The standard InChI is InChI=1S/C12H19N3.ClH/c13-12(14)15-4-10-6-1-2-7(11(10)5-15)9-3-8(6)9;/h6-11H,1-5H2,(H3,13,14);1H. The molecule has 0 amide bonds. The molecule has 3 N–H and O–H groups in total. The van der Waals surface area contributed by atoms with Crippen molar-refractivity contribution in [1.82, 2.24) is 4.90 Å². The van der Waals surface area contributed by atoms with Gasteiger partial charge < -0.3 is 10.6 Å². The van der Waals surface area contributed by atoms with Crippen LogP contribution in [-0.2, 0) is 0 Å². The van der Waals surface area contributed by atoms with Crippen LogP contribution in [0.2, 0.25) is 0 Å². The van der Waals surface area contributed by atoms with Crippen LogP contribution in [0.1, 0.15) is 19.3 Å². The minimum atomic E-state index is 0. The summed E-state index contributed by atoms with van der Waals surface area (Å²) in [6, 6.07) is 0. The molecule has 2 bridgehead atoms. The van der Waals surface area contributed by atoms with Crippen molar-refractivity contribution in [3.05, 3.63) is 0 Å². The number of likely N-dealkylation sites (tertiary alicyclic amines) is 1. The van der Waals surface area contributed by atoms with Crippen LogP contribution in [0.25, 0.3) is 0 Å². The summed E-state index contributed by atoms with van der Waals surface area (Å²) in [6.07, 6.45) is 4.47. The van der Waals surface area contributed by atoms with E-state index in [1.807, 2.05) is 0 Å². The molecule has 1 aliphatic heterocycles. The zero-order valence-electron chi connectivity index (χ0n) is 9.43. The van der Waals surface area contributed by atoms with Gasteiger partial charge in [0.25, 0.3) is 0 Å². The molecule has 0 aromatic heterocycles. The van der Waals surface area contributed by atoms with Crippen LogP contribution in [-0.4, -0.2) is 23.9 Å². The van der Waals surface area contributed by atoms with Crippen molar-refractivity contribution in [2.75, 3.05) is 13.1 Å². The number of guanidine groups is 1. The average molecular weight is 242 g/mol. The first-order chi connectivity index (χ1) is 7.25. The molecule has 0 aromatic rings. The Morgan fingerprint density at radius 2 is 1.44 bits per heavy atom. The SMILES string of the molecule is Cl.N=C(N)N1CC2C3CCC(C4CC34)C2C1. The third-order valence-corrected chi connectivity index (χ3v) is 5.68. The zero-order valence-corrected chi connectivity index (χ0v) is 10.2. The number of nitrogens with two attached hydrogens (primary N) is 1. The molecule has 90 valence electrons. The lowest BCUT2D eigenvalue weighted by Crippen LogP contribution is -2.40. The Kier molecular flexibility index (Phi) is 2.19. The molecule has 5 aliphatic rings. The van der Waals surface area contributed by atoms with E-state index in [-0.39, 0.29) is 12.4 Å². The average Bonchev–Trinajstić information content (AvgIpc) is 2.90. The second-order valence-corrected chi connectivity index (χ2v) is 6.09. The van der Waals surface area contributed by atoms with E-state index in [1.54, 1.807) is 0 Å². The summed E-state index contributed by atoms with van der Waals surface area (Å²) in [5.41, 5.74) is 5.62. The van der Waals surface area contributed by atoms with Crippen LogP contribution in [0.15, 0.2) is 0 Å². The maximum Gasteiger partial charge on any atom is 0.188 e. The molecular formula is C12H20ClN3. The van der Waals surface area contributed by atoms with E-state index in [0.717, 1.165) is 48.6 Å². The van der Waals surface area contributed by atoms with Crippen LogP contribution in [0.5, 0.6) is 0 Å². The summed E-state index contributed by atoms with van der Waals surface area (Å²) < 4.78 is 0. The second kappa shape index (κ2) is 3.28. The topological polar surface area (TPSA) is 53.1 Å². The Hall–Kier alpha value is -0.440. The largest absolute Gasteiger partial charge is 0.370 e. The number of hydrogen-bond acceptors (Lipinski definition) is 1. The quantitative estimate of drug-likeness (QED) is 0.499. The van der Waals surface area contributed by atoms with Crippen molar-refractivity contribution in [3.63, 3.8) is 0 Å². The third kappa shape index (κ3) is 1.18. The summed E-state index contributed by atoms with van der Waals surface area (Å²) >= 11 is 0. The smallest absolute Gasteiger partial charge is 0.188 e. The van der Waals surface area contributed by atoms with E-state index in [0.29, 0.717) is 5.96 Å². The Bertz CT molecular complexity index is 308. The summed E-state index contributed by atoms with van der Waals surface area (Å²) in [4.78, 5) is 2.12. The first-order valence-corrected chi connectivity index (χ1v) is 6.34. The molecule has 0 radical (unpaired) electrons. The molecule has 4 saturated carbocycles. The lowest BCUT2D eigenvalue weighted by molar-refractivity contribution is 0.0464. The van der Waals surface area contributed by atoms with Crippen molar-refractivity contribution >= 4 is 18.4 Å².